The zero-order valence-electron chi connectivity index (χ0n) is 25.3. The predicted octanol–water partition coefficient (Wildman–Crippen LogP) is 10.9. The number of rotatable bonds is 3. The van der Waals surface area contributed by atoms with Crippen LogP contribution in [-0.4, -0.2) is 9.13 Å². The Morgan fingerprint density at radius 2 is 0.886 bits per heavy atom. The summed E-state index contributed by atoms with van der Waals surface area (Å²) >= 11 is 0. The van der Waals surface area contributed by atoms with Gasteiger partial charge in [0, 0.05) is 38.3 Å². The van der Waals surface area contributed by atoms with E-state index < -0.39 is 0 Å². The van der Waals surface area contributed by atoms with E-state index in [1.165, 1.54) is 71.7 Å². The zero-order valence-corrected chi connectivity index (χ0v) is 25.3. The maximum absolute atomic E-state index is 2.48. The molecule has 2 heterocycles. The van der Waals surface area contributed by atoms with Gasteiger partial charge in [0.05, 0.1) is 22.1 Å². The Labute approximate surface area is 257 Å². The van der Waals surface area contributed by atoms with Gasteiger partial charge >= 0.3 is 0 Å². The second-order valence-corrected chi connectivity index (χ2v) is 12.8. The molecule has 1 aliphatic carbocycles. The SMILES string of the molecule is CC1c2ccc(-n3c4ccccc4c4ccccc43)cc2C(C)(c2ccc(-n3c4ccccc4c4ccccc43)cc2)C1C. The first-order valence-corrected chi connectivity index (χ1v) is 15.8. The molecule has 0 amide bonds. The summed E-state index contributed by atoms with van der Waals surface area (Å²) in [7, 11) is 0. The lowest BCUT2D eigenvalue weighted by Crippen LogP contribution is -2.28. The maximum atomic E-state index is 2.48. The average molecular weight is 567 g/mol. The first kappa shape index (κ1) is 25.4. The molecule has 1 aliphatic rings. The van der Waals surface area contributed by atoms with Crippen LogP contribution >= 0.6 is 0 Å². The van der Waals surface area contributed by atoms with Gasteiger partial charge in [0.2, 0.25) is 0 Å². The molecule has 2 heteroatoms. The molecule has 9 rings (SSSR count). The molecule has 0 bridgehead atoms. The molecule has 0 saturated carbocycles. The number of benzene rings is 6. The fraction of sp³-hybridized carbons (Fsp3) is 0.143. The number of aromatic nitrogens is 2. The summed E-state index contributed by atoms with van der Waals surface area (Å²) < 4.78 is 4.86. The molecular formula is C42H34N2. The lowest BCUT2D eigenvalue weighted by molar-refractivity contribution is 0.368. The van der Waals surface area contributed by atoms with Gasteiger partial charge in [-0.2, -0.15) is 0 Å². The van der Waals surface area contributed by atoms with Crippen molar-refractivity contribution in [1.29, 1.82) is 0 Å². The van der Waals surface area contributed by atoms with Crippen molar-refractivity contribution in [3.63, 3.8) is 0 Å². The first-order chi connectivity index (χ1) is 21.6. The third-order valence-corrected chi connectivity index (χ3v) is 10.9. The van der Waals surface area contributed by atoms with Crippen LogP contribution < -0.4 is 0 Å². The van der Waals surface area contributed by atoms with E-state index in [1.54, 1.807) is 0 Å². The van der Waals surface area contributed by atoms with Gasteiger partial charge in [0.15, 0.2) is 0 Å². The first-order valence-electron chi connectivity index (χ1n) is 15.8. The highest BCUT2D eigenvalue weighted by atomic mass is 15.0. The Morgan fingerprint density at radius 3 is 1.36 bits per heavy atom. The Hall–Kier alpha value is -5.08. The topological polar surface area (TPSA) is 9.86 Å². The summed E-state index contributed by atoms with van der Waals surface area (Å²) in [6, 6.07) is 51.7. The van der Waals surface area contributed by atoms with Crippen LogP contribution in [0.4, 0.5) is 0 Å². The highest BCUT2D eigenvalue weighted by Gasteiger charge is 2.46. The smallest absolute Gasteiger partial charge is 0.0541 e. The van der Waals surface area contributed by atoms with E-state index >= 15 is 0 Å². The highest BCUT2D eigenvalue weighted by molar-refractivity contribution is 6.10. The molecule has 0 aliphatic heterocycles. The molecule has 212 valence electrons. The lowest BCUT2D eigenvalue weighted by Gasteiger charge is -2.33. The molecule has 8 aromatic rings. The second-order valence-electron chi connectivity index (χ2n) is 12.8. The van der Waals surface area contributed by atoms with Crippen molar-refractivity contribution >= 4 is 43.6 Å². The molecule has 0 fully saturated rings. The van der Waals surface area contributed by atoms with Crippen molar-refractivity contribution < 1.29 is 0 Å². The summed E-state index contributed by atoms with van der Waals surface area (Å²) in [5.74, 6) is 0.934. The van der Waals surface area contributed by atoms with Gasteiger partial charge < -0.3 is 9.13 Å². The van der Waals surface area contributed by atoms with Crippen molar-refractivity contribution in [1.82, 2.24) is 9.13 Å². The lowest BCUT2D eigenvalue weighted by atomic mass is 9.70. The molecule has 2 aromatic heterocycles. The van der Waals surface area contributed by atoms with Crippen molar-refractivity contribution in [3.05, 3.63) is 156 Å². The third kappa shape index (κ3) is 3.31. The predicted molar refractivity (Wildman–Crippen MR) is 186 cm³/mol. The van der Waals surface area contributed by atoms with Gasteiger partial charge in [-0.3, -0.25) is 0 Å². The minimum Gasteiger partial charge on any atom is -0.309 e. The monoisotopic (exact) mass is 566 g/mol. The van der Waals surface area contributed by atoms with E-state index in [0.29, 0.717) is 11.8 Å². The molecular weight excluding hydrogens is 532 g/mol. The highest BCUT2D eigenvalue weighted by Crippen LogP contribution is 2.54. The third-order valence-electron chi connectivity index (χ3n) is 10.9. The molecule has 6 aromatic carbocycles. The largest absolute Gasteiger partial charge is 0.309 e. The zero-order chi connectivity index (χ0) is 29.6. The summed E-state index contributed by atoms with van der Waals surface area (Å²) in [5, 5.41) is 5.19. The number of fused-ring (bicyclic) bond motifs is 7. The quantitative estimate of drug-likeness (QED) is 0.201. The molecule has 2 nitrogen and oxygen atoms in total. The van der Waals surface area contributed by atoms with Crippen LogP contribution in [0.2, 0.25) is 0 Å². The number of hydrogen-bond donors (Lipinski definition) is 0. The molecule has 3 atom stereocenters. The normalized spacial score (nSPS) is 19.8. The van der Waals surface area contributed by atoms with Crippen LogP contribution in [0, 0.1) is 5.92 Å². The molecule has 0 saturated heterocycles. The molecule has 0 N–H and O–H groups in total. The van der Waals surface area contributed by atoms with E-state index in [2.05, 4.69) is 169 Å². The number of nitrogens with zero attached hydrogens (tertiary/aromatic N) is 2. The Balaban J connectivity index is 1.21. The van der Waals surface area contributed by atoms with Crippen LogP contribution in [0.5, 0.6) is 0 Å². The second kappa shape index (κ2) is 9.21. The fourth-order valence-corrected chi connectivity index (χ4v) is 8.32. The van der Waals surface area contributed by atoms with E-state index in [0.717, 1.165) is 0 Å². The van der Waals surface area contributed by atoms with E-state index in [1.807, 2.05) is 0 Å². The minimum absolute atomic E-state index is 0.108. The van der Waals surface area contributed by atoms with Crippen LogP contribution in [0.3, 0.4) is 0 Å². The molecule has 0 radical (unpaired) electrons. The summed E-state index contributed by atoms with van der Waals surface area (Å²) in [4.78, 5) is 0. The number of hydrogen-bond acceptors (Lipinski definition) is 0. The van der Waals surface area contributed by atoms with Gasteiger partial charge in [0.1, 0.15) is 0 Å². The van der Waals surface area contributed by atoms with Crippen molar-refractivity contribution in [2.75, 3.05) is 0 Å². The summed E-state index contributed by atoms with van der Waals surface area (Å²) in [5.41, 5.74) is 11.6. The van der Waals surface area contributed by atoms with Crippen LogP contribution in [0.1, 0.15) is 43.4 Å². The van der Waals surface area contributed by atoms with Crippen molar-refractivity contribution in [2.45, 2.75) is 32.1 Å². The van der Waals surface area contributed by atoms with Gasteiger partial charge in [-0.05, 0) is 77.1 Å². The van der Waals surface area contributed by atoms with E-state index in [4.69, 9.17) is 0 Å². The average Bonchev–Trinajstić information content (AvgIpc) is 3.66. The van der Waals surface area contributed by atoms with Gasteiger partial charge in [0.25, 0.3) is 0 Å². The van der Waals surface area contributed by atoms with E-state index in [-0.39, 0.29) is 5.41 Å². The number of para-hydroxylation sites is 4. The Kier molecular flexibility index (Phi) is 5.32. The van der Waals surface area contributed by atoms with E-state index in [9.17, 15) is 0 Å². The van der Waals surface area contributed by atoms with Gasteiger partial charge in [-0.15, -0.1) is 0 Å². The van der Waals surface area contributed by atoms with Gasteiger partial charge in [-0.1, -0.05) is 112 Å². The van der Waals surface area contributed by atoms with Crippen LogP contribution in [0.25, 0.3) is 55.0 Å². The maximum Gasteiger partial charge on any atom is 0.0541 e. The molecule has 0 spiro atoms. The van der Waals surface area contributed by atoms with Crippen molar-refractivity contribution in [2.24, 2.45) is 5.92 Å². The minimum atomic E-state index is -0.108. The Bertz CT molecular complexity index is 2280. The Morgan fingerprint density at radius 1 is 0.477 bits per heavy atom. The fourth-order valence-electron chi connectivity index (χ4n) is 8.32. The molecule has 44 heavy (non-hydrogen) atoms. The standard InChI is InChI=1S/C42H34N2/c1-27-28(2)42(3,29-20-22-30(23-21-29)43-38-16-8-4-12-33(38)34-13-5-9-17-39(34)43)37-26-31(24-25-32(27)37)44-40-18-10-6-14-35(40)36-15-7-11-19-41(36)44/h4-28H,1-3H3. The summed E-state index contributed by atoms with van der Waals surface area (Å²) in [6.07, 6.45) is 0. The van der Waals surface area contributed by atoms with Gasteiger partial charge in [-0.25, -0.2) is 0 Å². The summed E-state index contributed by atoms with van der Waals surface area (Å²) in [6.45, 7) is 7.30. The molecule has 3 unspecified atom stereocenters. The van der Waals surface area contributed by atoms with Crippen LogP contribution in [-0.2, 0) is 5.41 Å². The van der Waals surface area contributed by atoms with Crippen LogP contribution in [0.15, 0.2) is 140 Å². The van der Waals surface area contributed by atoms with Crippen molar-refractivity contribution in [3.8, 4) is 11.4 Å².